The van der Waals surface area contributed by atoms with Crippen LogP contribution in [0.5, 0.6) is 0 Å². The first-order valence-electron chi connectivity index (χ1n) is 11.5. The van der Waals surface area contributed by atoms with Crippen LogP contribution in [-0.4, -0.2) is 51.3 Å². The molecule has 190 valence electrons. The van der Waals surface area contributed by atoms with E-state index in [-0.39, 0.29) is 17.1 Å². The highest BCUT2D eigenvalue weighted by atomic mass is 32.2. The van der Waals surface area contributed by atoms with E-state index in [2.05, 4.69) is 5.32 Å². The Labute approximate surface area is 211 Å². The summed E-state index contributed by atoms with van der Waals surface area (Å²) in [5.74, 6) is -1.80. The van der Waals surface area contributed by atoms with Gasteiger partial charge in [-0.25, -0.2) is 12.8 Å². The largest absolute Gasteiger partial charge is 0.357 e. The van der Waals surface area contributed by atoms with Gasteiger partial charge in [-0.1, -0.05) is 60.2 Å². The maximum absolute atomic E-state index is 14.8. The van der Waals surface area contributed by atoms with Gasteiger partial charge >= 0.3 is 0 Å². The predicted octanol–water partition coefficient (Wildman–Crippen LogP) is 3.54. The highest BCUT2D eigenvalue weighted by Gasteiger charge is 2.33. The van der Waals surface area contributed by atoms with Crippen LogP contribution in [0.4, 0.5) is 10.1 Å². The molecule has 0 radical (unpaired) electrons. The summed E-state index contributed by atoms with van der Waals surface area (Å²) < 4.78 is 42.8. The quantitative estimate of drug-likeness (QED) is 0.451. The molecule has 36 heavy (non-hydrogen) atoms. The molecule has 3 aromatic rings. The summed E-state index contributed by atoms with van der Waals surface area (Å²) in [5.41, 5.74) is 1.56. The van der Waals surface area contributed by atoms with Gasteiger partial charge in [-0.05, 0) is 50.1 Å². The van der Waals surface area contributed by atoms with Crippen molar-refractivity contribution in [2.24, 2.45) is 0 Å². The Morgan fingerprint density at radius 3 is 2.17 bits per heavy atom. The molecular formula is C27H30FN3O4S. The Balaban J connectivity index is 1.98. The van der Waals surface area contributed by atoms with Crippen LogP contribution < -0.4 is 9.62 Å². The molecule has 9 heteroatoms. The van der Waals surface area contributed by atoms with Gasteiger partial charge in [-0.15, -0.1) is 0 Å². The van der Waals surface area contributed by atoms with Crippen LogP contribution in [0.3, 0.4) is 0 Å². The molecule has 0 bridgehead atoms. The average molecular weight is 512 g/mol. The second-order valence-electron chi connectivity index (χ2n) is 8.39. The van der Waals surface area contributed by atoms with Crippen LogP contribution in [0.25, 0.3) is 0 Å². The van der Waals surface area contributed by atoms with Gasteiger partial charge in [0.05, 0.1) is 10.6 Å². The van der Waals surface area contributed by atoms with Crippen LogP contribution >= 0.6 is 0 Å². The Morgan fingerprint density at radius 1 is 0.944 bits per heavy atom. The number of amides is 2. The maximum atomic E-state index is 14.8. The van der Waals surface area contributed by atoms with E-state index >= 15 is 0 Å². The molecule has 0 saturated carbocycles. The third-order valence-electron chi connectivity index (χ3n) is 5.91. The predicted molar refractivity (Wildman–Crippen MR) is 137 cm³/mol. The van der Waals surface area contributed by atoms with Gasteiger partial charge < -0.3 is 10.2 Å². The van der Waals surface area contributed by atoms with Gasteiger partial charge in [-0.3, -0.25) is 13.9 Å². The first kappa shape index (κ1) is 26.9. The number of nitrogens with zero attached hydrogens (tertiary/aromatic N) is 2. The van der Waals surface area contributed by atoms with Crippen molar-refractivity contribution >= 4 is 27.5 Å². The van der Waals surface area contributed by atoms with E-state index in [1.54, 1.807) is 19.1 Å². The van der Waals surface area contributed by atoms with E-state index < -0.39 is 40.2 Å². The van der Waals surface area contributed by atoms with E-state index in [1.807, 2.05) is 37.3 Å². The number of hydrogen-bond donors (Lipinski definition) is 1. The number of aryl methyl sites for hydroxylation is 1. The van der Waals surface area contributed by atoms with Crippen LogP contribution in [-0.2, 0) is 26.0 Å². The summed E-state index contributed by atoms with van der Waals surface area (Å²) in [6.45, 7) is 2.89. The molecule has 3 rings (SSSR count). The zero-order chi connectivity index (χ0) is 26.3. The number of carbonyl (C=O) groups is 2. The lowest BCUT2D eigenvalue weighted by Gasteiger charge is -2.31. The third-order valence-corrected chi connectivity index (χ3v) is 7.68. The van der Waals surface area contributed by atoms with Crippen molar-refractivity contribution in [1.29, 1.82) is 0 Å². The summed E-state index contributed by atoms with van der Waals surface area (Å²) in [5, 5.41) is 2.53. The molecule has 0 unspecified atom stereocenters. The minimum Gasteiger partial charge on any atom is -0.357 e. The number of anilines is 1. The fourth-order valence-corrected chi connectivity index (χ4v) is 5.21. The Bertz CT molecular complexity index is 1300. The number of halogens is 1. The zero-order valence-corrected chi connectivity index (χ0v) is 21.3. The fraction of sp³-hybridized carbons (Fsp3) is 0.259. The highest BCUT2D eigenvalue weighted by molar-refractivity contribution is 7.92. The van der Waals surface area contributed by atoms with E-state index in [0.29, 0.717) is 6.42 Å². The van der Waals surface area contributed by atoms with E-state index in [4.69, 9.17) is 0 Å². The maximum Gasteiger partial charge on any atom is 0.264 e. The molecule has 0 spiro atoms. The smallest absolute Gasteiger partial charge is 0.264 e. The number of para-hydroxylation sites is 1. The molecule has 2 amide bonds. The number of carbonyl (C=O) groups excluding carboxylic acids is 2. The lowest BCUT2D eigenvalue weighted by atomic mass is 10.1. The number of benzene rings is 3. The van der Waals surface area contributed by atoms with Crippen molar-refractivity contribution in [2.75, 3.05) is 24.4 Å². The summed E-state index contributed by atoms with van der Waals surface area (Å²) in [6.07, 6.45) is 0.457. The third kappa shape index (κ3) is 6.28. The SMILES string of the molecule is CNC(=O)[C@@H](C)N(CCc1ccccc1)C(=O)CN(c1ccccc1F)S(=O)(=O)c1ccc(C)cc1. The Hall–Kier alpha value is -3.72. The van der Waals surface area contributed by atoms with Gasteiger partial charge in [0, 0.05) is 13.6 Å². The molecule has 7 nitrogen and oxygen atoms in total. The van der Waals surface area contributed by atoms with Crippen molar-refractivity contribution in [3.63, 3.8) is 0 Å². The van der Waals surface area contributed by atoms with Gasteiger partial charge in [0.25, 0.3) is 10.0 Å². The lowest BCUT2D eigenvalue weighted by Crippen LogP contribution is -2.51. The van der Waals surface area contributed by atoms with Crippen molar-refractivity contribution in [1.82, 2.24) is 10.2 Å². The average Bonchev–Trinajstić information content (AvgIpc) is 2.88. The Kier molecular flexibility index (Phi) is 8.82. The molecule has 0 aliphatic carbocycles. The molecule has 1 N–H and O–H groups in total. The Morgan fingerprint density at radius 2 is 1.56 bits per heavy atom. The van der Waals surface area contributed by atoms with Crippen molar-refractivity contribution < 1.29 is 22.4 Å². The molecule has 0 heterocycles. The van der Waals surface area contributed by atoms with Crippen LogP contribution in [0.15, 0.2) is 83.8 Å². The summed E-state index contributed by atoms with van der Waals surface area (Å²) in [6, 6.07) is 20.1. The van der Waals surface area contributed by atoms with Crippen molar-refractivity contribution in [3.8, 4) is 0 Å². The number of likely N-dealkylation sites (N-methyl/N-ethyl adjacent to an activating group) is 1. The molecular weight excluding hydrogens is 481 g/mol. The minimum atomic E-state index is -4.30. The number of sulfonamides is 1. The van der Waals surface area contributed by atoms with Crippen LogP contribution in [0.2, 0.25) is 0 Å². The first-order chi connectivity index (χ1) is 17.1. The zero-order valence-electron chi connectivity index (χ0n) is 20.5. The summed E-state index contributed by atoms with van der Waals surface area (Å²) in [4.78, 5) is 27.3. The molecule has 0 aliphatic heterocycles. The first-order valence-corrected chi connectivity index (χ1v) is 13.0. The second kappa shape index (κ2) is 11.8. The number of rotatable bonds is 10. The second-order valence-corrected chi connectivity index (χ2v) is 10.3. The standard InChI is InChI=1S/C27H30FN3O4S/c1-20-13-15-23(16-14-20)36(34,35)31(25-12-8-7-11-24(25)28)19-26(32)30(21(2)27(33)29-3)18-17-22-9-5-4-6-10-22/h4-16,21H,17-19H2,1-3H3,(H,29,33)/t21-/m1/s1. The van der Waals surface area contributed by atoms with E-state index in [0.717, 1.165) is 21.5 Å². The molecule has 0 fully saturated rings. The van der Waals surface area contributed by atoms with E-state index in [9.17, 15) is 22.4 Å². The number of hydrogen-bond acceptors (Lipinski definition) is 4. The number of nitrogens with one attached hydrogen (secondary N) is 1. The van der Waals surface area contributed by atoms with Crippen molar-refractivity contribution in [2.45, 2.75) is 31.2 Å². The lowest BCUT2D eigenvalue weighted by molar-refractivity contribution is -0.138. The monoisotopic (exact) mass is 511 g/mol. The van der Waals surface area contributed by atoms with Gasteiger partial charge in [-0.2, -0.15) is 0 Å². The van der Waals surface area contributed by atoms with Gasteiger partial charge in [0.2, 0.25) is 11.8 Å². The summed E-state index contributed by atoms with van der Waals surface area (Å²) >= 11 is 0. The molecule has 0 saturated heterocycles. The minimum absolute atomic E-state index is 0.0701. The molecule has 0 aliphatic rings. The van der Waals surface area contributed by atoms with Crippen LogP contribution in [0.1, 0.15) is 18.1 Å². The van der Waals surface area contributed by atoms with Crippen molar-refractivity contribution in [3.05, 3.63) is 95.8 Å². The molecule has 1 atom stereocenters. The highest BCUT2D eigenvalue weighted by Crippen LogP contribution is 2.27. The van der Waals surface area contributed by atoms with Gasteiger partial charge in [0.1, 0.15) is 18.4 Å². The van der Waals surface area contributed by atoms with Gasteiger partial charge in [0.15, 0.2) is 0 Å². The molecule has 0 aromatic heterocycles. The fourth-order valence-electron chi connectivity index (χ4n) is 3.78. The molecule has 3 aromatic carbocycles. The topological polar surface area (TPSA) is 86.8 Å². The summed E-state index contributed by atoms with van der Waals surface area (Å²) in [7, 11) is -2.83. The normalized spacial score (nSPS) is 12.0. The van der Waals surface area contributed by atoms with Crippen LogP contribution in [0, 0.1) is 12.7 Å². The van der Waals surface area contributed by atoms with E-state index in [1.165, 1.54) is 42.3 Å².